The zero-order valence-electron chi connectivity index (χ0n) is 9.11. The smallest absolute Gasteiger partial charge is 0.163 e. The first-order valence-electron chi connectivity index (χ1n) is 4.96. The minimum absolute atomic E-state index is 0.406. The second-order valence-corrected chi connectivity index (χ2v) is 3.70. The maximum Gasteiger partial charge on any atom is 0.163 e. The Kier molecular flexibility index (Phi) is 3.22. The van der Waals surface area contributed by atoms with Gasteiger partial charge >= 0.3 is 0 Å². The van der Waals surface area contributed by atoms with Gasteiger partial charge in [0.2, 0.25) is 0 Å². The van der Waals surface area contributed by atoms with Crippen LogP contribution in [0.5, 0.6) is 0 Å². The number of rotatable bonds is 2. The summed E-state index contributed by atoms with van der Waals surface area (Å²) in [5.41, 5.74) is 1.15. The predicted molar refractivity (Wildman–Crippen MR) is 66.7 cm³/mol. The number of benzene rings is 1. The topological polar surface area (TPSA) is 61.6 Å². The molecule has 0 unspecified atom stereocenters. The molecule has 5 heteroatoms. The molecular formula is C12H9ClN4. The first kappa shape index (κ1) is 11.4. The van der Waals surface area contributed by atoms with Crippen molar-refractivity contribution in [2.45, 2.75) is 0 Å². The van der Waals surface area contributed by atoms with Crippen LogP contribution in [0.3, 0.4) is 0 Å². The fraction of sp³-hybridized carbons (Fsp3) is 0.0833. The third-order valence-electron chi connectivity index (χ3n) is 2.26. The standard InChI is InChI=1S/C12H9ClN4/c1-15-11-8(6-14)7-16-12(17-11)9-4-2-3-5-10(9)13/h2-5,7H,1H3,(H,15,16,17). The van der Waals surface area contributed by atoms with E-state index in [1.807, 2.05) is 24.3 Å². The number of nitriles is 1. The van der Waals surface area contributed by atoms with E-state index in [1.54, 1.807) is 13.1 Å². The number of halogens is 1. The summed E-state index contributed by atoms with van der Waals surface area (Å²) in [5.74, 6) is 0.997. The van der Waals surface area contributed by atoms with Crippen LogP contribution in [0.1, 0.15) is 5.56 Å². The summed E-state index contributed by atoms with van der Waals surface area (Å²) < 4.78 is 0. The van der Waals surface area contributed by atoms with E-state index < -0.39 is 0 Å². The summed E-state index contributed by atoms with van der Waals surface area (Å²) in [4.78, 5) is 8.40. The number of nitrogens with one attached hydrogen (secondary N) is 1. The molecule has 1 aromatic heterocycles. The zero-order chi connectivity index (χ0) is 12.3. The lowest BCUT2D eigenvalue weighted by molar-refractivity contribution is 1.15. The molecule has 1 aromatic carbocycles. The van der Waals surface area contributed by atoms with Gasteiger partial charge in [-0.15, -0.1) is 0 Å². The molecule has 0 aliphatic carbocycles. The monoisotopic (exact) mass is 244 g/mol. The highest BCUT2D eigenvalue weighted by Gasteiger charge is 2.09. The second kappa shape index (κ2) is 4.81. The quantitative estimate of drug-likeness (QED) is 0.882. The Morgan fingerprint density at radius 2 is 2.12 bits per heavy atom. The number of hydrogen-bond donors (Lipinski definition) is 1. The lowest BCUT2D eigenvalue weighted by Crippen LogP contribution is -2.00. The zero-order valence-corrected chi connectivity index (χ0v) is 9.86. The summed E-state index contributed by atoms with van der Waals surface area (Å²) in [7, 11) is 1.71. The van der Waals surface area contributed by atoms with Crippen molar-refractivity contribution in [3.05, 3.63) is 41.0 Å². The summed E-state index contributed by atoms with van der Waals surface area (Å²) in [6, 6.07) is 9.34. The molecule has 0 saturated heterocycles. The molecule has 2 rings (SSSR count). The molecule has 1 heterocycles. The Morgan fingerprint density at radius 1 is 1.35 bits per heavy atom. The van der Waals surface area contributed by atoms with Crippen LogP contribution in [-0.2, 0) is 0 Å². The molecule has 0 atom stereocenters. The normalized spacial score (nSPS) is 9.71. The van der Waals surface area contributed by atoms with E-state index in [-0.39, 0.29) is 0 Å². The van der Waals surface area contributed by atoms with Crippen LogP contribution in [0.2, 0.25) is 5.02 Å². The maximum absolute atomic E-state index is 8.87. The number of hydrogen-bond acceptors (Lipinski definition) is 4. The Bertz CT molecular complexity index is 589. The molecule has 2 aromatic rings. The third kappa shape index (κ3) is 2.19. The molecule has 0 radical (unpaired) electrons. The van der Waals surface area contributed by atoms with E-state index in [4.69, 9.17) is 16.9 Å². The highest BCUT2D eigenvalue weighted by molar-refractivity contribution is 6.33. The van der Waals surface area contributed by atoms with Gasteiger partial charge in [-0.05, 0) is 12.1 Å². The number of aromatic nitrogens is 2. The van der Waals surface area contributed by atoms with E-state index in [1.165, 1.54) is 6.20 Å². The minimum Gasteiger partial charge on any atom is -0.372 e. The molecule has 0 fully saturated rings. The molecule has 0 aliphatic heterocycles. The fourth-order valence-corrected chi connectivity index (χ4v) is 1.65. The minimum atomic E-state index is 0.406. The summed E-state index contributed by atoms with van der Waals surface area (Å²) in [5, 5.41) is 12.3. The second-order valence-electron chi connectivity index (χ2n) is 3.30. The van der Waals surface area contributed by atoms with Gasteiger partial charge in [-0.3, -0.25) is 0 Å². The molecule has 84 valence electrons. The molecule has 0 aliphatic rings. The molecule has 0 spiro atoms. The van der Waals surface area contributed by atoms with Crippen LogP contribution in [-0.4, -0.2) is 17.0 Å². The molecule has 0 saturated carbocycles. The Hall–Kier alpha value is -2.12. The Labute approximate surface area is 104 Å². The van der Waals surface area contributed by atoms with Crippen molar-refractivity contribution in [2.24, 2.45) is 0 Å². The van der Waals surface area contributed by atoms with E-state index >= 15 is 0 Å². The van der Waals surface area contributed by atoms with Crippen molar-refractivity contribution in [3.63, 3.8) is 0 Å². The highest BCUT2D eigenvalue weighted by atomic mass is 35.5. The van der Waals surface area contributed by atoms with Gasteiger partial charge in [-0.25, -0.2) is 9.97 Å². The van der Waals surface area contributed by atoms with Crippen molar-refractivity contribution in [2.75, 3.05) is 12.4 Å². The largest absolute Gasteiger partial charge is 0.372 e. The summed E-state index contributed by atoms with van der Waals surface area (Å²) >= 11 is 6.06. The number of anilines is 1. The third-order valence-corrected chi connectivity index (χ3v) is 2.59. The lowest BCUT2D eigenvalue weighted by atomic mass is 10.2. The molecule has 4 nitrogen and oxygen atoms in total. The molecular weight excluding hydrogens is 236 g/mol. The predicted octanol–water partition coefficient (Wildman–Crippen LogP) is 2.71. The average Bonchev–Trinajstić information content (AvgIpc) is 2.38. The van der Waals surface area contributed by atoms with Crippen LogP contribution in [0, 0.1) is 11.3 Å². The van der Waals surface area contributed by atoms with Crippen molar-refractivity contribution >= 4 is 17.4 Å². The molecule has 0 bridgehead atoms. The highest BCUT2D eigenvalue weighted by Crippen LogP contribution is 2.25. The van der Waals surface area contributed by atoms with E-state index in [0.29, 0.717) is 22.2 Å². The van der Waals surface area contributed by atoms with Gasteiger partial charge in [-0.2, -0.15) is 5.26 Å². The van der Waals surface area contributed by atoms with Crippen LogP contribution in [0.15, 0.2) is 30.5 Å². The molecule has 0 amide bonds. The fourth-order valence-electron chi connectivity index (χ4n) is 1.43. The van der Waals surface area contributed by atoms with Crippen LogP contribution < -0.4 is 5.32 Å². The maximum atomic E-state index is 8.87. The van der Waals surface area contributed by atoms with Crippen LogP contribution >= 0.6 is 11.6 Å². The lowest BCUT2D eigenvalue weighted by Gasteiger charge is -2.06. The van der Waals surface area contributed by atoms with Gasteiger partial charge in [0, 0.05) is 12.6 Å². The SMILES string of the molecule is CNc1nc(-c2ccccc2Cl)ncc1C#N. The van der Waals surface area contributed by atoms with Crippen molar-refractivity contribution in [1.82, 2.24) is 9.97 Å². The van der Waals surface area contributed by atoms with Crippen LogP contribution in [0.25, 0.3) is 11.4 Å². The average molecular weight is 245 g/mol. The van der Waals surface area contributed by atoms with Gasteiger partial charge < -0.3 is 5.32 Å². The van der Waals surface area contributed by atoms with Crippen molar-refractivity contribution < 1.29 is 0 Å². The van der Waals surface area contributed by atoms with Crippen LogP contribution in [0.4, 0.5) is 5.82 Å². The van der Waals surface area contributed by atoms with Gasteiger partial charge in [0.15, 0.2) is 5.82 Å². The number of nitrogens with zero attached hydrogens (tertiary/aromatic N) is 3. The van der Waals surface area contributed by atoms with Gasteiger partial charge in [0.05, 0.1) is 11.2 Å². The van der Waals surface area contributed by atoms with Gasteiger partial charge in [0.25, 0.3) is 0 Å². The molecule has 17 heavy (non-hydrogen) atoms. The summed E-state index contributed by atoms with van der Waals surface area (Å²) in [6.07, 6.45) is 1.48. The first-order chi connectivity index (χ1) is 8.26. The molecule has 1 N–H and O–H groups in total. The summed E-state index contributed by atoms with van der Waals surface area (Å²) in [6.45, 7) is 0. The first-order valence-corrected chi connectivity index (χ1v) is 5.34. The van der Waals surface area contributed by atoms with Gasteiger partial charge in [0.1, 0.15) is 17.5 Å². The van der Waals surface area contributed by atoms with E-state index in [2.05, 4.69) is 15.3 Å². The Morgan fingerprint density at radius 3 is 2.76 bits per heavy atom. The van der Waals surface area contributed by atoms with Crippen molar-refractivity contribution in [3.8, 4) is 17.5 Å². The van der Waals surface area contributed by atoms with Gasteiger partial charge in [-0.1, -0.05) is 23.7 Å². The van der Waals surface area contributed by atoms with E-state index in [9.17, 15) is 0 Å². The Balaban J connectivity index is 2.55. The van der Waals surface area contributed by atoms with Crippen molar-refractivity contribution in [1.29, 1.82) is 5.26 Å². The van der Waals surface area contributed by atoms with E-state index in [0.717, 1.165) is 5.56 Å².